The SMILES string of the molecule is N#CC1(c2ccc(OCCCNCCCO)cc2)CCOCC1. The second kappa shape index (κ2) is 9.51. The molecule has 126 valence electrons. The zero-order valence-corrected chi connectivity index (χ0v) is 13.6. The van der Waals surface area contributed by atoms with Gasteiger partial charge in [0.05, 0.1) is 18.1 Å². The molecule has 1 aliphatic heterocycles. The van der Waals surface area contributed by atoms with Crippen LogP contribution < -0.4 is 10.1 Å². The molecule has 0 amide bonds. The first-order valence-electron chi connectivity index (χ1n) is 8.35. The van der Waals surface area contributed by atoms with Gasteiger partial charge in [-0.2, -0.15) is 5.26 Å². The number of nitrogens with zero attached hydrogens (tertiary/aromatic N) is 1. The van der Waals surface area contributed by atoms with E-state index in [9.17, 15) is 5.26 Å². The summed E-state index contributed by atoms with van der Waals surface area (Å²) >= 11 is 0. The Kier molecular flexibility index (Phi) is 7.34. The van der Waals surface area contributed by atoms with Gasteiger partial charge in [0.2, 0.25) is 0 Å². The standard InChI is InChI=1S/C18H26N2O3/c19-15-18(7-13-22-14-8-18)16-3-5-17(6-4-16)23-12-2-10-20-9-1-11-21/h3-6,20-21H,1-2,7-14H2. The molecule has 23 heavy (non-hydrogen) atoms. The van der Waals surface area contributed by atoms with Crippen LogP contribution in [-0.2, 0) is 10.2 Å². The lowest BCUT2D eigenvalue weighted by Gasteiger charge is -2.31. The second-order valence-corrected chi connectivity index (χ2v) is 5.86. The molecular weight excluding hydrogens is 292 g/mol. The van der Waals surface area contributed by atoms with Crippen LogP contribution in [0.3, 0.4) is 0 Å². The van der Waals surface area contributed by atoms with Gasteiger partial charge < -0.3 is 19.9 Å². The van der Waals surface area contributed by atoms with Gasteiger partial charge in [-0.1, -0.05) is 12.1 Å². The molecule has 1 aliphatic rings. The van der Waals surface area contributed by atoms with Crippen molar-refractivity contribution in [1.29, 1.82) is 5.26 Å². The van der Waals surface area contributed by atoms with Crippen molar-refractivity contribution in [3.05, 3.63) is 29.8 Å². The van der Waals surface area contributed by atoms with E-state index in [2.05, 4.69) is 11.4 Å². The average Bonchev–Trinajstić information content (AvgIpc) is 2.62. The predicted molar refractivity (Wildman–Crippen MR) is 88.5 cm³/mol. The van der Waals surface area contributed by atoms with E-state index in [1.54, 1.807) is 0 Å². The summed E-state index contributed by atoms with van der Waals surface area (Å²) in [6.45, 7) is 3.90. The van der Waals surface area contributed by atoms with Crippen molar-refractivity contribution in [2.24, 2.45) is 0 Å². The second-order valence-electron chi connectivity index (χ2n) is 5.86. The van der Waals surface area contributed by atoms with Crippen LogP contribution in [0.15, 0.2) is 24.3 Å². The van der Waals surface area contributed by atoms with Crippen molar-refractivity contribution in [2.45, 2.75) is 31.1 Å². The van der Waals surface area contributed by atoms with Crippen molar-refractivity contribution in [1.82, 2.24) is 5.32 Å². The summed E-state index contributed by atoms with van der Waals surface area (Å²) in [5, 5.41) is 21.5. The molecule has 0 radical (unpaired) electrons. The van der Waals surface area contributed by atoms with Gasteiger partial charge in [-0.15, -0.1) is 0 Å². The van der Waals surface area contributed by atoms with E-state index >= 15 is 0 Å². The third-order valence-electron chi connectivity index (χ3n) is 4.25. The molecule has 0 unspecified atom stereocenters. The van der Waals surface area contributed by atoms with E-state index in [4.69, 9.17) is 14.6 Å². The lowest BCUT2D eigenvalue weighted by atomic mass is 9.75. The monoisotopic (exact) mass is 318 g/mol. The molecule has 0 spiro atoms. The fraction of sp³-hybridized carbons (Fsp3) is 0.611. The van der Waals surface area contributed by atoms with E-state index in [-0.39, 0.29) is 6.61 Å². The normalized spacial score (nSPS) is 16.7. The van der Waals surface area contributed by atoms with Crippen molar-refractivity contribution in [2.75, 3.05) is 39.5 Å². The first-order chi connectivity index (χ1) is 11.3. The van der Waals surface area contributed by atoms with Crippen LogP contribution in [-0.4, -0.2) is 44.6 Å². The highest BCUT2D eigenvalue weighted by Gasteiger charge is 2.34. The van der Waals surface area contributed by atoms with Crippen LogP contribution in [0.4, 0.5) is 0 Å². The quantitative estimate of drug-likeness (QED) is 0.681. The Morgan fingerprint density at radius 1 is 1.17 bits per heavy atom. The number of hydrogen-bond acceptors (Lipinski definition) is 5. The minimum Gasteiger partial charge on any atom is -0.494 e. The fourth-order valence-corrected chi connectivity index (χ4v) is 2.77. The molecule has 0 bridgehead atoms. The van der Waals surface area contributed by atoms with Crippen LogP contribution in [0, 0.1) is 11.3 Å². The van der Waals surface area contributed by atoms with Crippen LogP contribution in [0.5, 0.6) is 5.75 Å². The molecule has 0 aromatic heterocycles. The molecule has 2 N–H and O–H groups in total. The number of nitrogens with one attached hydrogen (secondary N) is 1. The molecule has 1 aromatic rings. The zero-order valence-electron chi connectivity index (χ0n) is 13.6. The minimum absolute atomic E-state index is 0.228. The number of rotatable bonds is 9. The van der Waals surface area contributed by atoms with Gasteiger partial charge in [-0.05, 0) is 56.5 Å². The summed E-state index contributed by atoms with van der Waals surface area (Å²) in [5.74, 6) is 0.837. The molecule has 1 aromatic carbocycles. The fourth-order valence-electron chi connectivity index (χ4n) is 2.77. The summed E-state index contributed by atoms with van der Waals surface area (Å²) in [4.78, 5) is 0. The van der Waals surface area contributed by atoms with E-state index in [1.165, 1.54) is 0 Å². The van der Waals surface area contributed by atoms with E-state index in [1.807, 2.05) is 24.3 Å². The Morgan fingerprint density at radius 2 is 1.87 bits per heavy atom. The highest BCUT2D eigenvalue weighted by Crippen LogP contribution is 2.34. The molecule has 1 heterocycles. The van der Waals surface area contributed by atoms with E-state index in [0.29, 0.717) is 19.8 Å². The smallest absolute Gasteiger partial charge is 0.119 e. The third kappa shape index (κ3) is 5.21. The molecule has 5 heteroatoms. The average molecular weight is 318 g/mol. The molecule has 0 saturated carbocycles. The van der Waals surface area contributed by atoms with Gasteiger partial charge in [-0.3, -0.25) is 0 Å². The van der Waals surface area contributed by atoms with Crippen LogP contribution in [0.1, 0.15) is 31.2 Å². The molecular formula is C18H26N2O3. The number of nitriles is 1. The lowest BCUT2D eigenvalue weighted by molar-refractivity contribution is 0.0675. The number of aliphatic hydroxyl groups excluding tert-OH is 1. The molecule has 0 aliphatic carbocycles. The number of ether oxygens (including phenoxy) is 2. The van der Waals surface area contributed by atoms with Crippen LogP contribution in [0.25, 0.3) is 0 Å². The van der Waals surface area contributed by atoms with Gasteiger partial charge in [0.15, 0.2) is 0 Å². The van der Waals surface area contributed by atoms with Crippen LogP contribution >= 0.6 is 0 Å². The maximum Gasteiger partial charge on any atom is 0.119 e. The van der Waals surface area contributed by atoms with Crippen molar-refractivity contribution < 1.29 is 14.6 Å². The van der Waals surface area contributed by atoms with Crippen molar-refractivity contribution >= 4 is 0 Å². The third-order valence-corrected chi connectivity index (χ3v) is 4.25. The summed E-state index contributed by atoms with van der Waals surface area (Å²) in [6, 6.07) is 10.4. The first kappa shape index (κ1) is 17.7. The maximum absolute atomic E-state index is 9.57. The Hall–Kier alpha value is -1.61. The predicted octanol–water partition coefficient (Wildman–Crippen LogP) is 2.00. The van der Waals surface area contributed by atoms with Crippen molar-refractivity contribution in [3.8, 4) is 11.8 Å². The van der Waals surface area contributed by atoms with Crippen LogP contribution in [0.2, 0.25) is 0 Å². The number of benzene rings is 1. The highest BCUT2D eigenvalue weighted by atomic mass is 16.5. The Balaban J connectivity index is 1.77. The Labute approximate surface area is 138 Å². The van der Waals surface area contributed by atoms with Gasteiger partial charge >= 0.3 is 0 Å². The van der Waals surface area contributed by atoms with Gasteiger partial charge in [0.25, 0.3) is 0 Å². The summed E-state index contributed by atoms with van der Waals surface area (Å²) in [5.41, 5.74) is 0.647. The number of aliphatic hydroxyl groups is 1. The van der Waals surface area contributed by atoms with Gasteiger partial charge in [0.1, 0.15) is 5.75 Å². The van der Waals surface area contributed by atoms with Gasteiger partial charge in [-0.25, -0.2) is 0 Å². The molecule has 5 nitrogen and oxygen atoms in total. The maximum atomic E-state index is 9.57. The molecule has 2 rings (SSSR count). The number of hydrogen-bond donors (Lipinski definition) is 2. The first-order valence-corrected chi connectivity index (χ1v) is 8.35. The zero-order chi connectivity index (χ0) is 16.4. The summed E-state index contributed by atoms with van der Waals surface area (Å²) in [6.07, 6.45) is 3.22. The highest BCUT2D eigenvalue weighted by molar-refractivity contribution is 5.37. The summed E-state index contributed by atoms with van der Waals surface area (Å²) < 4.78 is 11.1. The largest absolute Gasteiger partial charge is 0.494 e. The van der Waals surface area contributed by atoms with Gasteiger partial charge in [0, 0.05) is 19.8 Å². The Bertz CT molecular complexity index is 490. The minimum atomic E-state index is -0.409. The topological polar surface area (TPSA) is 74.5 Å². The lowest BCUT2D eigenvalue weighted by Crippen LogP contribution is -2.32. The molecule has 1 fully saturated rings. The molecule has 0 atom stereocenters. The Morgan fingerprint density at radius 3 is 2.52 bits per heavy atom. The molecule has 1 saturated heterocycles. The van der Waals surface area contributed by atoms with E-state index < -0.39 is 5.41 Å². The van der Waals surface area contributed by atoms with Crippen molar-refractivity contribution in [3.63, 3.8) is 0 Å². The summed E-state index contributed by atoms with van der Waals surface area (Å²) in [7, 11) is 0. The van der Waals surface area contributed by atoms with E-state index in [0.717, 1.165) is 50.1 Å².